The lowest BCUT2D eigenvalue weighted by Crippen LogP contribution is -2.34. The predicted octanol–water partition coefficient (Wildman–Crippen LogP) is 4.06. The highest BCUT2D eigenvalue weighted by atomic mass is 32.1. The third-order valence-electron chi connectivity index (χ3n) is 4.00. The van der Waals surface area contributed by atoms with E-state index in [1.54, 1.807) is 7.11 Å². The van der Waals surface area contributed by atoms with E-state index in [4.69, 9.17) is 17.0 Å². The fourth-order valence-corrected chi connectivity index (χ4v) is 3.17. The third-order valence-corrected chi connectivity index (χ3v) is 4.22. The minimum absolute atomic E-state index is 0.262. The van der Waals surface area contributed by atoms with Crippen LogP contribution in [0, 0.1) is 0 Å². The molecule has 0 amide bonds. The number of hydrogen-bond acceptors (Lipinski definition) is 2. The van der Waals surface area contributed by atoms with Crippen LogP contribution < -0.4 is 15.4 Å². The lowest BCUT2D eigenvalue weighted by Gasteiger charge is -2.28. The first kappa shape index (κ1) is 14.9. The first-order valence-electron chi connectivity index (χ1n) is 7.55. The van der Waals surface area contributed by atoms with Crippen LogP contribution in [0.3, 0.4) is 0 Å². The number of anilines is 1. The minimum Gasteiger partial charge on any atom is -0.497 e. The van der Waals surface area contributed by atoms with Crippen LogP contribution in [0.15, 0.2) is 48.5 Å². The molecule has 114 valence electrons. The molecular weight excluding hydrogens is 292 g/mol. The quantitative estimate of drug-likeness (QED) is 0.838. The van der Waals surface area contributed by atoms with Gasteiger partial charge in [0.15, 0.2) is 5.11 Å². The van der Waals surface area contributed by atoms with Crippen LogP contribution in [0.25, 0.3) is 0 Å². The summed E-state index contributed by atoms with van der Waals surface area (Å²) >= 11 is 5.45. The summed E-state index contributed by atoms with van der Waals surface area (Å²) in [6.07, 6.45) is 3.35. The Morgan fingerprint density at radius 1 is 1.18 bits per heavy atom. The van der Waals surface area contributed by atoms with Crippen molar-refractivity contribution >= 4 is 23.0 Å². The fraction of sp³-hybridized carbons (Fsp3) is 0.278. The van der Waals surface area contributed by atoms with Crippen molar-refractivity contribution in [3.8, 4) is 5.75 Å². The number of methoxy groups -OCH3 is 1. The molecule has 0 fully saturated rings. The molecule has 2 aromatic carbocycles. The lowest BCUT2D eigenvalue weighted by molar-refractivity contribution is 0.412. The van der Waals surface area contributed by atoms with Gasteiger partial charge in [0.2, 0.25) is 0 Å². The normalized spacial score (nSPS) is 16.5. The van der Waals surface area contributed by atoms with Crippen LogP contribution in [-0.4, -0.2) is 12.2 Å². The number of rotatable bonds is 3. The zero-order valence-corrected chi connectivity index (χ0v) is 13.5. The van der Waals surface area contributed by atoms with Crippen molar-refractivity contribution < 1.29 is 4.74 Å². The van der Waals surface area contributed by atoms with E-state index in [1.165, 1.54) is 11.1 Å². The second kappa shape index (κ2) is 6.79. The maximum atomic E-state index is 5.45. The first-order chi connectivity index (χ1) is 10.8. The van der Waals surface area contributed by atoms with Gasteiger partial charge in [-0.25, -0.2) is 0 Å². The molecule has 0 aliphatic heterocycles. The maximum absolute atomic E-state index is 5.45. The highest BCUT2D eigenvalue weighted by Gasteiger charge is 2.21. The molecule has 2 aromatic rings. The number of benzene rings is 2. The average molecular weight is 312 g/mol. The van der Waals surface area contributed by atoms with Gasteiger partial charge in [0, 0.05) is 5.69 Å². The van der Waals surface area contributed by atoms with Gasteiger partial charge in [-0.1, -0.05) is 24.3 Å². The van der Waals surface area contributed by atoms with Crippen molar-refractivity contribution in [3.05, 3.63) is 59.7 Å². The molecule has 0 aromatic heterocycles. The van der Waals surface area contributed by atoms with Crippen molar-refractivity contribution in [1.29, 1.82) is 0 Å². The topological polar surface area (TPSA) is 33.3 Å². The number of aryl methyl sites for hydroxylation is 1. The van der Waals surface area contributed by atoms with Crippen molar-refractivity contribution in [2.24, 2.45) is 0 Å². The van der Waals surface area contributed by atoms with Crippen LogP contribution in [0.4, 0.5) is 5.69 Å². The molecule has 3 nitrogen and oxygen atoms in total. The maximum Gasteiger partial charge on any atom is 0.171 e. The molecule has 3 rings (SSSR count). The molecule has 22 heavy (non-hydrogen) atoms. The largest absolute Gasteiger partial charge is 0.497 e. The van der Waals surface area contributed by atoms with Gasteiger partial charge in [-0.15, -0.1) is 0 Å². The Balaban J connectivity index is 1.70. The summed E-state index contributed by atoms with van der Waals surface area (Å²) in [5.41, 5.74) is 3.68. The molecule has 2 N–H and O–H groups in total. The summed E-state index contributed by atoms with van der Waals surface area (Å²) in [4.78, 5) is 0. The summed E-state index contributed by atoms with van der Waals surface area (Å²) in [5.74, 6) is 0.921. The molecule has 4 heteroatoms. The Morgan fingerprint density at radius 2 is 2.00 bits per heavy atom. The summed E-state index contributed by atoms with van der Waals surface area (Å²) < 4.78 is 5.32. The fourth-order valence-electron chi connectivity index (χ4n) is 2.91. The van der Waals surface area contributed by atoms with E-state index in [1.807, 2.05) is 36.4 Å². The van der Waals surface area contributed by atoms with Crippen molar-refractivity contribution in [1.82, 2.24) is 5.32 Å². The number of nitrogens with one attached hydrogen (secondary N) is 2. The van der Waals surface area contributed by atoms with E-state index >= 15 is 0 Å². The summed E-state index contributed by atoms with van der Waals surface area (Å²) in [7, 11) is 1.71. The van der Waals surface area contributed by atoms with Gasteiger partial charge >= 0.3 is 0 Å². The molecule has 1 aliphatic rings. The summed E-state index contributed by atoms with van der Waals surface area (Å²) in [6.45, 7) is 0. The van der Waals surface area contributed by atoms with Crippen LogP contribution in [0.2, 0.25) is 0 Å². The second-order valence-corrected chi connectivity index (χ2v) is 5.88. The number of ether oxygens (including phenoxy) is 1. The molecule has 0 bridgehead atoms. The van der Waals surface area contributed by atoms with Crippen molar-refractivity contribution in [2.75, 3.05) is 12.4 Å². The molecule has 0 saturated carbocycles. The van der Waals surface area contributed by atoms with Gasteiger partial charge < -0.3 is 15.4 Å². The standard InChI is InChI=1S/C18H20N2OS/c1-21-15-10-11-16-13(12-15)6-5-9-17(16)20-18(22)19-14-7-3-2-4-8-14/h2-4,7-8,10-12,17H,5-6,9H2,1H3,(H2,19,20,22)/t17-/m1/s1. The first-order valence-corrected chi connectivity index (χ1v) is 7.96. The Hall–Kier alpha value is -2.07. The van der Waals surface area contributed by atoms with Gasteiger partial charge in [-0.05, 0) is 66.9 Å². The minimum atomic E-state index is 0.262. The number of para-hydroxylation sites is 1. The Bertz CT molecular complexity index is 657. The predicted molar refractivity (Wildman–Crippen MR) is 94.5 cm³/mol. The van der Waals surface area contributed by atoms with Gasteiger partial charge in [0.1, 0.15) is 5.75 Å². The van der Waals surface area contributed by atoms with E-state index in [0.29, 0.717) is 5.11 Å². The molecule has 0 heterocycles. The Labute approximate surface area is 136 Å². The Morgan fingerprint density at radius 3 is 2.77 bits per heavy atom. The molecule has 0 radical (unpaired) electrons. The molecule has 1 atom stereocenters. The van der Waals surface area contributed by atoms with Crippen LogP contribution in [0.1, 0.15) is 30.0 Å². The zero-order chi connectivity index (χ0) is 15.4. The smallest absolute Gasteiger partial charge is 0.171 e. The van der Waals surface area contributed by atoms with Gasteiger partial charge in [-0.2, -0.15) is 0 Å². The Kier molecular flexibility index (Phi) is 4.59. The third kappa shape index (κ3) is 3.39. The van der Waals surface area contributed by atoms with Gasteiger partial charge in [0.25, 0.3) is 0 Å². The van der Waals surface area contributed by atoms with E-state index in [9.17, 15) is 0 Å². The zero-order valence-electron chi connectivity index (χ0n) is 12.6. The molecule has 0 saturated heterocycles. The van der Waals surface area contributed by atoms with Crippen LogP contribution in [-0.2, 0) is 6.42 Å². The highest BCUT2D eigenvalue weighted by molar-refractivity contribution is 7.80. The van der Waals surface area contributed by atoms with Crippen LogP contribution >= 0.6 is 12.2 Å². The summed E-state index contributed by atoms with van der Waals surface area (Å²) in [5, 5.41) is 7.35. The van der Waals surface area contributed by atoms with E-state index in [-0.39, 0.29) is 6.04 Å². The summed E-state index contributed by atoms with van der Waals surface area (Å²) in [6, 6.07) is 16.6. The van der Waals surface area contributed by atoms with E-state index in [0.717, 1.165) is 30.7 Å². The van der Waals surface area contributed by atoms with E-state index < -0.39 is 0 Å². The highest BCUT2D eigenvalue weighted by Crippen LogP contribution is 2.32. The van der Waals surface area contributed by atoms with Gasteiger partial charge in [0.05, 0.1) is 13.2 Å². The second-order valence-electron chi connectivity index (χ2n) is 5.47. The average Bonchev–Trinajstić information content (AvgIpc) is 2.55. The number of thiocarbonyl (C=S) groups is 1. The van der Waals surface area contributed by atoms with Gasteiger partial charge in [-0.3, -0.25) is 0 Å². The SMILES string of the molecule is COc1ccc2c(c1)CCC[C@H]2NC(=S)Nc1ccccc1. The molecule has 0 spiro atoms. The monoisotopic (exact) mass is 312 g/mol. The number of hydrogen-bond donors (Lipinski definition) is 2. The van der Waals surface area contributed by atoms with Crippen LogP contribution in [0.5, 0.6) is 5.75 Å². The number of fused-ring (bicyclic) bond motifs is 1. The molecule has 1 aliphatic carbocycles. The van der Waals surface area contributed by atoms with Crippen molar-refractivity contribution in [3.63, 3.8) is 0 Å². The van der Waals surface area contributed by atoms with Crippen molar-refractivity contribution in [2.45, 2.75) is 25.3 Å². The molecule has 0 unspecified atom stereocenters. The molecular formula is C18H20N2OS. The van der Waals surface area contributed by atoms with E-state index in [2.05, 4.69) is 22.8 Å². The lowest BCUT2D eigenvalue weighted by atomic mass is 9.87.